The average Bonchev–Trinajstić information content (AvgIpc) is 3.42. The minimum Gasteiger partial charge on any atom is -0.365 e. The van der Waals surface area contributed by atoms with E-state index in [0.29, 0.717) is 14.9 Å². The molecule has 1 aromatic carbocycles. The molecule has 6 nitrogen and oxygen atoms in total. The average molecular weight is 462 g/mol. The largest absolute Gasteiger partial charge is 0.365 e. The Hall–Kier alpha value is -2.97. The molecule has 162 valence electrons. The molecule has 2 amide bonds. The smallest absolute Gasteiger partial charge is 0.258 e. The summed E-state index contributed by atoms with van der Waals surface area (Å²) in [5.41, 5.74) is 5.30. The summed E-state index contributed by atoms with van der Waals surface area (Å²) in [6, 6.07) is 12.4. The predicted molar refractivity (Wildman–Crippen MR) is 120 cm³/mol. The van der Waals surface area contributed by atoms with Crippen LogP contribution in [0.15, 0.2) is 59.5 Å². The predicted octanol–water partition coefficient (Wildman–Crippen LogP) is 4.61. The molecule has 0 saturated heterocycles. The number of halogens is 2. The number of primary amides is 1. The zero-order chi connectivity index (χ0) is 22.4. The third-order valence-corrected chi connectivity index (χ3v) is 6.10. The normalized spacial score (nSPS) is 13.4. The molecule has 1 aliphatic rings. The topological polar surface area (TPSA) is 94.2 Å². The molecule has 2 heterocycles. The lowest BCUT2D eigenvalue weighted by Crippen LogP contribution is -2.21. The van der Waals surface area contributed by atoms with Crippen LogP contribution in [0.4, 0.5) is 10.1 Å². The van der Waals surface area contributed by atoms with E-state index in [0.717, 1.165) is 25.7 Å². The minimum absolute atomic E-state index is 0.0178. The number of benzene rings is 1. The van der Waals surface area contributed by atoms with E-state index in [4.69, 9.17) is 17.3 Å². The summed E-state index contributed by atoms with van der Waals surface area (Å²) >= 11 is 6.70. The molecule has 0 radical (unpaired) electrons. The highest BCUT2D eigenvalue weighted by atomic mass is 35.5. The van der Waals surface area contributed by atoms with Crippen molar-refractivity contribution in [3.8, 4) is 5.69 Å². The highest BCUT2D eigenvalue weighted by molar-refractivity contribution is 7.17. The molecule has 3 N–H and O–H groups in total. The summed E-state index contributed by atoms with van der Waals surface area (Å²) in [5.74, 6) is -1.11. The molecule has 4 rings (SSSR count). The van der Waals surface area contributed by atoms with E-state index >= 15 is 0 Å². The van der Waals surface area contributed by atoms with Gasteiger partial charge in [-0.3, -0.25) is 19.0 Å². The fraction of sp³-hybridized carbons (Fsp3) is 0.227. The molecule has 0 bridgehead atoms. The van der Waals surface area contributed by atoms with Crippen LogP contribution in [-0.2, 0) is 4.79 Å². The van der Waals surface area contributed by atoms with Gasteiger partial charge in [0.15, 0.2) is 0 Å². The van der Waals surface area contributed by atoms with Crippen molar-refractivity contribution >= 4 is 40.4 Å². The number of nitrogens with one attached hydrogen (secondary N) is 1. The maximum absolute atomic E-state index is 14.2. The number of aromatic nitrogens is 1. The van der Waals surface area contributed by atoms with Crippen LogP contribution in [0, 0.1) is 11.7 Å². The van der Waals surface area contributed by atoms with Crippen molar-refractivity contribution in [1.29, 1.82) is 0 Å². The lowest BCUT2D eigenvalue weighted by atomic mass is 10.1. The van der Waals surface area contributed by atoms with Gasteiger partial charge in [-0.1, -0.05) is 30.5 Å². The molecule has 2 aromatic heterocycles. The second-order valence-corrected chi connectivity index (χ2v) is 8.73. The SMILES string of the molecule is NC(=O)c1ccc(Cl)s1.O=C(Nc1ccc(-n2ccccc2=O)cc1F)C1CCCC1. The van der Waals surface area contributed by atoms with E-state index in [1.165, 1.54) is 34.1 Å². The molecular formula is C22H21ClFN3O3S. The molecule has 1 aliphatic carbocycles. The maximum Gasteiger partial charge on any atom is 0.258 e. The van der Waals surface area contributed by atoms with Gasteiger partial charge >= 0.3 is 0 Å². The molecule has 31 heavy (non-hydrogen) atoms. The summed E-state index contributed by atoms with van der Waals surface area (Å²) in [4.78, 5) is 34.7. The van der Waals surface area contributed by atoms with Crippen molar-refractivity contribution in [2.45, 2.75) is 25.7 Å². The summed E-state index contributed by atoms with van der Waals surface area (Å²) in [7, 11) is 0. The van der Waals surface area contributed by atoms with Gasteiger partial charge in [0.05, 0.1) is 20.6 Å². The van der Waals surface area contributed by atoms with E-state index in [9.17, 15) is 18.8 Å². The van der Waals surface area contributed by atoms with Gasteiger partial charge in [-0.25, -0.2) is 4.39 Å². The Morgan fingerprint density at radius 1 is 1.13 bits per heavy atom. The number of amides is 2. The summed E-state index contributed by atoms with van der Waals surface area (Å²) < 4.78 is 16.1. The third kappa shape index (κ3) is 6.02. The lowest BCUT2D eigenvalue weighted by Gasteiger charge is -2.12. The van der Waals surface area contributed by atoms with Gasteiger partial charge in [0.25, 0.3) is 11.5 Å². The van der Waals surface area contributed by atoms with Crippen molar-refractivity contribution < 1.29 is 14.0 Å². The molecule has 3 aromatic rings. The molecule has 1 saturated carbocycles. The number of rotatable bonds is 4. The number of pyridine rings is 1. The van der Waals surface area contributed by atoms with Crippen LogP contribution in [0.2, 0.25) is 4.34 Å². The van der Waals surface area contributed by atoms with Gasteiger partial charge in [-0.15, -0.1) is 11.3 Å². The van der Waals surface area contributed by atoms with E-state index in [-0.39, 0.29) is 23.1 Å². The number of carbonyl (C=O) groups is 2. The van der Waals surface area contributed by atoms with Gasteiger partial charge in [0.2, 0.25) is 5.91 Å². The van der Waals surface area contributed by atoms with Crippen LogP contribution in [0.5, 0.6) is 0 Å². The maximum atomic E-state index is 14.2. The van der Waals surface area contributed by atoms with Crippen LogP contribution < -0.4 is 16.6 Å². The number of anilines is 1. The Balaban J connectivity index is 0.000000254. The Morgan fingerprint density at radius 3 is 2.42 bits per heavy atom. The minimum atomic E-state index is -0.542. The molecule has 0 spiro atoms. The fourth-order valence-corrected chi connectivity index (χ4v) is 4.16. The molecule has 9 heteroatoms. The zero-order valence-corrected chi connectivity index (χ0v) is 18.1. The third-order valence-electron chi connectivity index (χ3n) is 4.85. The van der Waals surface area contributed by atoms with Crippen LogP contribution in [-0.4, -0.2) is 16.4 Å². The standard InChI is InChI=1S/C17H17FN2O2.C5H4ClNOS/c18-14-11-13(20-10-4-3-7-16(20)21)8-9-15(14)19-17(22)12-5-1-2-6-12;6-4-2-1-3(9-4)5(7)8/h3-4,7-12H,1-2,5-6H2,(H,19,22);1-2H,(H2,7,8). The van der Waals surface area contributed by atoms with Crippen molar-refractivity contribution in [1.82, 2.24) is 4.57 Å². The van der Waals surface area contributed by atoms with Crippen LogP contribution in [0.3, 0.4) is 0 Å². The van der Waals surface area contributed by atoms with Gasteiger partial charge < -0.3 is 11.1 Å². The number of nitrogens with two attached hydrogens (primary N) is 1. The van der Waals surface area contributed by atoms with Crippen LogP contribution in [0.1, 0.15) is 35.4 Å². The molecule has 0 unspecified atom stereocenters. The quantitative estimate of drug-likeness (QED) is 0.594. The number of hydrogen-bond donors (Lipinski definition) is 2. The Kier molecular flexibility index (Phi) is 7.59. The molecule has 0 atom stereocenters. The van der Waals surface area contributed by atoms with E-state index in [2.05, 4.69) is 5.32 Å². The summed E-state index contributed by atoms with van der Waals surface area (Å²) in [6.45, 7) is 0. The molecular weight excluding hydrogens is 441 g/mol. The van der Waals surface area contributed by atoms with E-state index in [1.54, 1.807) is 36.5 Å². The first-order valence-corrected chi connectivity index (χ1v) is 10.9. The van der Waals surface area contributed by atoms with Crippen molar-refractivity contribution in [2.75, 3.05) is 5.32 Å². The van der Waals surface area contributed by atoms with Gasteiger partial charge in [0.1, 0.15) is 5.82 Å². The Bertz CT molecular complexity index is 1140. The fourth-order valence-electron chi connectivity index (χ4n) is 3.27. The van der Waals surface area contributed by atoms with E-state index < -0.39 is 11.7 Å². The van der Waals surface area contributed by atoms with E-state index in [1.807, 2.05) is 0 Å². The van der Waals surface area contributed by atoms with Crippen LogP contribution >= 0.6 is 22.9 Å². The monoisotopic (exact) mass is 461 g/mol. The zero-order valence-electron chi connectivity index (χ0n) is 16.5. The van der Waals surface area contributed by atoms with Crippen molar-refractivity contribution in [2.24, 2.45) is 11.7 Å². The number of nitrogens with zero attached hydrogens (tertiary/aromatic N) is 1. The highest BCUT2D eigenvalue weighted by Gasteiger charge is 2.23. The van der Waals surface area contributed by atoms with Crippen molar-refractivity contribution in [3.63, 3.8) is 0 Å². The Morgan fingerprint density at radius 2 is 1.87 bits per heavy atom. The first-order valence-electron chi connectivity index (χ1n) is 9.69. The summed E-state index contributed by atoms with van der Waals surface area (Å²) in [5, 5.41) is 2.64. The van der Waals surface area contributed by atoms with Gasteiger partial charge in [0, 0.05) is 24.2 Å². The van der Waals surface area contributed by atoms with Gasteiger partial charge in [-0.2, -0.15) is 0 Å². The first kappa shape index (κ1) is 22.7. The lowest BCUT2D eigenvalue weighted by molar-refractivity contribution is -0.119. The van der Waals surface area contributed by atoms with Crippen molar-refractivity contribution in [3.05, 3.63) is 80.1 Å². The second-order valence-electron chi connectivity index (χ2n) is 7.01. The highest BCUT2D eigenvalue weighted by Crippen LogP contribution is 2.27. The Labute approximate surface area is 187 Å². The van der Waals surface area contributed by atoms with Gasteiger partial charge in [-0.05, 0) is 43.2 Å². The molecule has 1 fully saturated rings. The number of hydrogen-bond acceptors (Lipinski definition) is 4. The molecule has 0 aliphatic heterocycles. The first-order chi connectivity index (χ1) is 14.8. The number of carbonyl (C=O) groups excluding carboxylic acids is 2. The number of thiophene rings is 1. The van der Waals surface area contributed by atoms with Crippen LogP contribution in [0.25, 0.3) is 5.69 Å². The second kappa shape index (κ2) is 10.4. The summed E-state index contributed by atoms with van der Waals surface area (Å²) in [6.07, 6.45) is 5.41.